The normalized spacial score (nSPS) is 11.3. The van der Waals surface area contributed by atoms with E-state index in [9.17, 15) is 4.79 Å². The van der Waals surface area contributed by atoms with E-state index in [0.717, 1.165) is 23.2 Å². The van der Waals surface area contributed by atoms with Crippen molar-refractivity contribution in [3.8, 4) is 11.3 Å². The van der Waals surface area contributed by atoms with Crippen LogP contribution in [0.5, 0.6) is 0 Å². The van der Waals surface area contributed by atoms with Gasteiger partial charge in [0.25, 0.3) is 5.82 Å². The number of carbonyl (C=O) groups excluding carboxylic acids is 1. The Morgan fingerprint density at radius 1 is 1.17 bits per heavy atom. The van der Waals surface area contributed by atoms with Crippen LogP contribution in [-0.2, 0) is 10.2 Å². The van der Waals surface area contributed by atoms with Gasteiger partial charge in [0, 0.05) is 17.4 Å². The molecule has 0 aliphatic heterocycles. The van der Waals surface area contributed by atoms with E-state index < -0.39 is 5.41 Å². The van der Waals surface area contributed by atoms with Crippen molar-refractivity contribution in [2.45, 2.75) is 46.0 Å². The minimum absolute atomic E-state index is 0.275. The number of hydrogen-bond donors (Lipinski definition) is 0. The topological polar surface area (TPSA) is 34.3 Å². The maximum Gasteiger partial charge on any atom is 0.270 e. The Labute approximate surface area is 144 Å². The number of pyridine rings is 1. The molecule has 0 fully saturated rings. The second-order valence-corrected chi connectivity index (χ2v) is 7.05. The molecule has 0 amide bonds. The van der Waals surface area contributed by atoms with E-state index >= 15 is 0 Å². The summed E-state index contributed by atoms with van der Waals surface area (Å²) in [4.78, 5) is 20.2. The molecule has 0 radical (unpaired) electrons. The van der Waals surface area contributed by atoms with Crippen molar-refractivity contribution in [1.29, 1.82) is 0 Å². The van der Waals surface area contributed by atoms with Gasteiger partial charge in [-0.15, -0.1) is 4.98 Å². The molecule has 0 aliphatic rings. The number of ketones is 1. The number of carbonyl (C=O) groups is 1. The summed E-state index contributed by atoms with van der Waals surface area (Å²) >= 11 is 0. The number of aromatic nitrogens is 1. The largest absolute Gasteiger partial charge is 0.361 e. The minimum atomic E-state index is -0.487. The predicted molar refractivity (Wildman–Crippen MR) is 98.0 cm³/mol. The van der Waals surface area contributed by atoms with Crippen molar-refractivity contribution in [2.75, 3.05) is 0 Å². The minimum Gasteiger partial charge on any atom is -0.361 e. The van der Waals surface area contributed by atoms with Gasteiger partial charge in [-0.1, -0.05) is 50.8 Å². The smallest absolute Gasteiger partial charge is 0.270 e. The lowest BCUT2D eigenvalue weighted by Crippen LogP contribution is -2.29. The molecule has 124 valence electrons. The zero-order valence-electron chi connectivity index (χ0n) is 14.8. The molecule has 24 heavy (non-hydrogen) atoms. The summed E-state index contributed by atoms with van der Waals surface area (Å²) in [6.45, 7) is 15.3. The molecule has 0 saturated heterocycles. The van der Waals surface area contributed by atoms with Crippen LogP contribution in [0.4, 0.5) is 5.82 Å². The van der Waals surface area contributed by atoms with Crippen molar-refractivity contribution < 1.29 is 4.79 Å². The first kappa shape index (κ1) is 17.9. The van der Waals surface area contributed by atoms with Gasteiger partial charge in [-0.2, -0.15) is 0 Å². The van der Waals surface area contributed by atoms with Crippen molar-refractivity contribution >= 4 is 11.6 Å². The molecule has 0 N–H and O–H groups in total. The summed E-state index contributed by atoms with van der Waals surface area (Å²) in [6.07, 6.45) is 1.54. The SMILES string of the molecule is [C-]#[N+]c1cccc(-c2ccc(C(C)(C)C(=O)CCC(C)C)cc2)n1. The monoisotopic (exact) mass is 320 g/mol. The Morgan fingerprint density at radius 3 is 2.42 bits per heavy atom. The van der Waals surface area contributed by atoms with Gasteiger partial charge in [0.1, 0.15) is 5.78 Å². The van der Waals surface area contributed by atoms with E-state index in [1.54, 1.807) is 6.07 Å². The molecular weight excluding hydrogens is 296 g/mol. The Bertz CT molecular complexity index is 752. The third-order valence-electron chi connectivity index (χ3n) is 4.40. The van der Waals surface area contributed by atoms with Gasteiger partial charge in [-0.3, -0.25) is 4.79 Å². The van der Waals surface area contributed by atoms with Crippen LogP contribution in [0.3, 0.4) is 0 Å². The molecular formula is C21H24N2O. The molecule has 0 aliphatic carbocycles. The van der Waals surface area contributed by atoms with Crippen LogP contribution in [0, 0.1) is 12.5 Å². The lowest BCUT2D eigenvalue weighted by atomic mass is 9.78. The maximum absolute atomic E-state index is 12.6. The molecule has 0 saturated carbocycles. The molecule has 0 atom stereocenters. The Kier molecular flexibility index (Phi) is 5.51. The fourth-order valence-corrected chi connectivity index (χ4v) is 2.60. The Balaban J connectivity index is 2.21. The highest BCUT2D eigenvalue weighted by Crippen LogP contribution is 2.29. The molecule has 1 heterocycles. The quantitative estimate of drug-likeness (QED) is 0.651. The summed E-state index contributed by atoms with van der Waals surface area (Å²) in [7, 11) is 0. The van der Waals surface area contributed by atoms with Crippen molar-refractivity contribution in [1.82, 2.24) is 4.98 Å². The molecule has 1 aromatic carbocycles. The average molecular weight is 320 g/mol. The highest BCUT2D eigenvalue weighted by Gasteiger charge is 2.29. The van der Waals surface area contributed by atoms with Gasteiger partial charge in [-0.25, -0.2) is 0 Å². The van der Waals surface area contributed by atoms with Gasteiger partial charge < -0.3 is 4.85 Å². The standard InChI is InChI=1S/C21H24N2O/c1-15(2)9-14-19(24)21(3,4)17-12-10-16(11-13-17)18-7-6-8-20(22-5)23-18/h6-8,10-13,15H,9,14H2,1-4H3. The van der Waals surface area contributed by atoms with Gasteiger partial charge in [0.05, 0.1) is 0 Å². The molecule has 0 bridgehead atoms. The average Bonchev–Trinajstić information content (AvgIpc) is 2.59. The van der Waals surface area contributed by atoms with Crippen LogP contribution in [0.2, 0.25) is 0 Å². The van der Waals surface area contributed by atoms with Crippen LogP contribution in [0.1, 0.15) is 46.1 Å². The molecule has 0 unspecified atom stereocenters. The summed E-state index contributed by atoms with van der Waals surface area (Å²) in [5.74, 6) is 1.20. The number of Topliss-reactive ketones (excluding diaryl/α,β-unsaturated/α-hetero) is 1. The fourth-order valence-electron chi connectivity index (χ4n) is 2.60. The first-order valence-corrected chi connectivity index (χ1v) is 8.33. The van der Waals surface area contributed by atoms with Gasteiger partial charge >= 0.3 is 0 Å². The van der Waals surface area contributed by atoms with E-state index in [1.165, 1.54) is 0 Å². The third-order valence-corrected chi connectivity index (χ3v) is 4.40. The predicted octanol–water partition coefficient (Wildman–Crippen LogP) is 5.58. The third kappa shape index (κ3) is 4.08. The molecule has 0 spiro atoms. The van der Waals surface area contributed by atoms with E-state index in [0.29, 0.717) is 18.2 Å². The molecule has 3 heteroatoms. The number of hydrogen-bond acceptors (Lipinski definition) is 2. The second-order valence-electron chi connectivity index (χ2n) is 7.05. The van der Waals surface area contributed by atoms with Crippen molar-refractivity contribution in [3.63, 3.8) is 0 Å². The summed E-state index contributed by atoms with van der Waals surface area (Å²) in [5.41, 5.74) is 2.26. The van der Waals surface area contributed by atoms with E-state index in [4.69, 9.17) is 6.57 Å². The summed E-state index contributed by atoms with van der Waals surface area (Å²) < 4.78 is 0. The highest BCUT2D eigenvalue weighted by atomic mass is 16.1. The number of benzene rings is 1. The van der Waals surface area contributed by atoms with Gasteiger partial charge in [0.15, 0.2) is 5.69 Å². The lowest BCUT2D eigenvalue weighted by molar-refractivity contribution is -0.123. The zero-order valence-corrected chi connectivity index (χ0v) is 14.8. The number of rotatable bonds is 6. The highest BCUT2D eigenvalue weighted by molar-refractivity contribution is 5.89. The molecule has 3 nitrogen and oxygen atoms in total. The first-order valence-electron chi connectivity index (χ1n) is 8.33. The van der Waals surface area contributed by atoms with Crippen molar-refractivity contribution in [3.05, 3.63) is 59.4 Å². The second kappa shape index (κ2) is 7.40. The van der Waals surface area contributed by atoms with Gasteiger partial charge in [-0.05, 0) is 43.9 Å². The van der Waals surface area contributed by atoms with Gasteiger partial charge in [0.2, 0.25) is 0 Å². The fraction of sp³-hybridized carbons (Fsp3) is 0.381. The van der Waals surface area contributed by atoms with E-state index in [1.807, 2.05) is 50.2 Å². The van der Waals surface area contributed by atoms with Crippen molar-refractivity contribution in [2.24, 2.45) is 5.92 Å². The van der Waals surface area contributed by atoms with Crippen LogP contribution < -0.4 is 0 Å². The van der Waals surface area contributed by atoms with Crippen LogP contribution in [-0.4, -0.2) is 10.8 Å². The zero-order chi connectivity index (χ0) is 17.7. The summed E-state index contributed by atoms with van der Waals surface area (Å²) in [6, 6.07) is 13.4. The maximum atomic E-state index is 12.6. The molecule has 2 rings (SSSR count). The Hall–Kier alpha value is -2.47. The first-order chi connectivity index (χ1) is 11.3. The van der Waals surface area contributed by atoms with Crippen LogP contribution in [0.15, 0.2) is 42.5 Å². The van der Waals surface area contributed by atoms with Crippen LogP contribution >= 0.6 is 0 Å². The lowest BCUT2D eigenvalue weighted by Gasteiger charge is -2.24. The van der Waals surface area contributed by atoms with E-state index in [-0.39, 0.29) is 5.78 Å². The summed E-state index contributed by atoms with van der Waals surface area (Å²) in [5, 5.41) is 0. The number of nitrogens with zero attached hydrogens (tertiary/aromatic N) is 2. The molecule has 2 aromatic rings. The van der Waals surface area contributed by atoms with E-state index in [2.05, 4.69) is 23.7 Å². The van der Waals surface area contributed by atoms with Crippen LogP contribution in [0.25, 0.3) is 16.1 Å². The Morgan fingerprint density at radius 2 is 1.83 bits per heavy atom. The molecule has 1 aromatic heterocycles.